The van der Waals surface area contributed by atoms with E-state index in [0.29, 0.717) is 0 Å². The molecule has 0 N–H and O–H groups in total. The van der Waals surface area contributed by atoms with Crippen LogP contribution in [0.1, 0.15) is 12.8 Å². The molecular formula is C8H13NO2. The molecule has 0 aromatic carbocycles. The maximum absolute atomic E-state index is 11.0. The van der Waals surface area contributed by atoms with Crippen molar-refractivity contribution in [1.29, 1.82) is 0 Å². The number of piperidine rings is 1. The molecule has 1 aliphatic rings. The molecule has 0 aliphatic carbocycles. The second kappa shape index (κ2) is 3.72. The topological polar surface area (TPSA) is 29.5 Å². The lowest BCUT2D eigenvalue weighted by Gasteiger charge is -2.26. The van der Waals surface area contributed by atoms with Crippen LogP contribution in [0.15, 0.2) is 0 Å². The Morgan fingerprint density at radius 1 is 1.55 bits per heavy atom. The molecule has 1 saturated heterocycles. The van der Waals surface area contributed by atoms with Crippen LogP contribution in [0.5, 0.6) is 0 Å². The van der Waals surface area contributed by atoms with Gasteiger partial charge in [0, 0.05) is 7.05 Å². The van der Waals surface area contributed by atoms with Crippen molar-refractivity contribution < 1.29 is 9.53 Å². The largest absolute Gasteiger partial charge is 0.469 e. The van der Waals surface area contributed by atoms with E-state index in [4.69, 9.17) is 7.05 Å². The van der Waals surface area contributed by atoms with Gasteiger partial charge in [0.25, 0.3) is 0 Å². The van der Waals surface area contributed by atoms with Crippen molar-refractivity contribution in [2.75, 3.05) is 20.2 Å². The first kappa shape index (κ1) is 8.53. The number of hydrogen-bond acceptors (Lipinski definition) is 3. The molecule has 0 aromatic heterocycles. The molecule has 3 heteroatoms. The van der Waals surface area contributed by atoms with Gasteiger partial charge in [-0.25, -0.2) is 0 Å². The first-order chi connectivity index (χ1) is 5.24. The van der Waals surface area contributed by atoms with E-state index in [1.807, 2.05) is 0 Å². The van der Waals surface area contributed by atoms with Gasteiger partial charge in [-0.05, 0) is 25.9 Å². The number of ether oxygens (including phenoxy) is 1. The third kappa shape index (κ3) is 2.19. The first-order valence-electron chi connectivity index (χ1n) is 3.81. The summed E-state index contributed by atoms with van der Waals surface area (Å²) in [6.45, 7) is 1.58. The van der Waals surface area contributed by atoms with E-state index in [0.717, 1.165) is 25.9 Å². The number of hydrogen-bond donors (Lipinski definition) is 0. The summed E-state index contributed by atoms with van der Waals surface area (Å²) < 4.78 is 4.63. The maximum atomic E-state index is 11.0. The van der Waals surface area contributed by atoms with Gasteiger partial charge >= 0.3 is 5.97 Å². The molecule has 0 atom stereocenters. The van der Waals surface area contributed by atoms with Crippen LogP contribution in [-0.2, 0) is 9.53 Å². The van der Waals surface area contributed by atoms with Crippen LogP contribution in [-0.4, -0.2) is 31.1 Å². The molecule has 0 saturated carbocycles. The Kier molecular flexibility index (Phi) is 2.88. The van der Waals surface area contributed by atoms with Crippen molar-refractivity contribution in [1.82, 2.24) is 4.90 Å². The molecule has 2 radical (unpaired) electrons. The number of rotatable bonds is 1. The van der Waals surface area contributed by atoms with Crippen LogP contribution in [0, 0.1) is 13.0 Å². The van der Waals surface area contributed by atoms with Crippen LogP contribution >= 0.6 is 0 Å². The highest BCUT2D eigenvalue weighted by Crippen LogP contribution is 2.17. The van der Waals surface area contributed by atoms with Crippen molar-refractivity contribution in [3.63, 3.8) is 0 Å². The monoisotopic (exact) mass is 155 g/mol. The van der Waals surface area contributed by atoms with Gasteiger partial charge in [0.1, 0.15) is 0 Å². The van der Waals surface area contributed by atoms with Crippen LogP contribution in [0.2, 0.25) is 0 Å². The lowest BCUT2D eigenvalue weighted by molar-refractivity contribution is -0.146. The number of likely N-dealkylation sites (tertiary alicyclic amines) is 1. The Morgan fingerprint density at radius 2 is 2.09 bits per heavy atom. The molecule has 11 heavy (non-hydrogen) atoms. The van der Waals surface area contributed by atoms with Crippen molar-refractivity contribution in [2.24, 2.45) is 5.92 Å². The molecular weight excluding hydrogens is 142 g/mol. The normalized spacial score (nSPS) is 21.6. The average Bonchev–Trinajstić information content (AvgIpc) is 2.05. The third-order valence-electron chi connectivity index (χ3n) is 2.06. The number of carbonyl (C=O) groups excluding carboxylic acids is 1. The van der Waals surface area contributed by atoms with Crippen LogP contribution in [0.4, 0.5) is 0 Å². The number of carbonyl (C=O) groups is 1. The SMILES string of the molecule is [CH]N1CCC(C(=O)OC)CC1. The predicted molar refractivity (Wildman–Crippen MR) is 40.6 cm³/mol. The Labute approximate surface area is 67.3 Å². The summed E-state index contributed by atoms with van der Waals surface area (Å²) in [5.41, 5.74) is 0. The fourth-order valence-corrected chi connectivity index (χ4v) is 1.30. The quantitative estimate of drug-likeness (QED) is 0.518. The molecule has 1 rings (SSSR count). The second-order valence-corrected chi connectivity index (χ2v) is 2.83. The molecule has 1 heterocycles. The van der Waals surface area contributed by atoms with Crippen molar-refractivity contribution in [3.05, 3.63) is 7.05 Å². The van der Waals surface area contributed by atoms with E-state index in [-0.39, 0.29) is 11.9 Å². The Balaban J connectivity index is 2.33. The zero-order valence-corrected chi connectivity index (χ0v) is 6.75. The molecule has 0 amide bonds. The average molecular weight is 155 g/mol. The maximum Gasteiger partial charge on any atom is 0.308 e. The van der Waals surface area contributed by atoms with Gasteiger partial charge in [-0.2, -0.15) is 0 Å². The lowest BCUT2D eigenvalue weighted by atomic mass is 9.98. The van der Waals surface area contributed by atoms with E-state index >= 15 is 0 Å². The first-order valence-corrected chi connectivity index (χ1v) is 3.81. The van der Waals surface area contributed by atoms with E-state index < -0.39 is 0 Å². The summed E-state index contributed by atoms with van der Waals surface area (Å²) in [5.74, 6) is -0.0297. The number of esters is 1. The van der Waals surface area contributed by atoms with Crippen molar-refractivity contribution >= 4 is 5.97 Å². The number of methoxy groups -OCH3 is 1. The molecule has 0 spiro atoms. The lowest BCUT2D eigenvalue weighted by Crippen LogP contribution is -2.32. The summed E-state index contributed by atoms with van der Waals surface area (Å²) in [6.07, 6.45) is 1.65. The van der Waals surface area contributed by atoms with Crippen molar-refractivity contribution in [3.8, 4) is 0 Å². The van der Waals surface area contributed by atoms with E-state index in [1.165, 1.54) is 7.11 Å². The second-order valence-electron chi connectivity index (χ2n) is 2.83. The van der Waals surface area contributed by atoms with E-state index in [9.17, 15) is 4.79 Å². The van der Waals surface area contributed by atoms with Crippen LogP contribution < -0.4 is 0 Å². The van der Waals surface area contributed by atoms with Gasteiger partial charge < -0.3 is 4.74 Å². The van der Waals surface area contributed by atoms with Gasteiger partial charge in [0.2, 0.25) is 0 Å². The summed E-state index contributed by atoms with van der Waals surface area (Å²) in [5, 5.41) is 0. The fourth-order valence-electron chi connectivity index (χ4n) is 1.30. The van der Waals surface area contributed by atoms with Gasteiger partial charge in [-0.1, -0.05) is 0 Å². The summed E-state index contributed by atoms with van der Waals surface area (Å²) in [7, 11) is 6.95. The smallest absolute Gasteiger partial charge is 0.308 e. The molecule has 62 valence electrons. The Hall–Kier alpha value is -0.570. The highest BCUT2D eigenvalue weighted by Gasteiger charge is 2.23. The van der Waals surface area contributed by atoms with Gasteiger partial charge in [0.05, 0.1) is 13.0 Å². The summed E-state index contributed by atoms with van der Waals surface area (Å²) >= 11 is 0. The van der Waals surface area contributed by atoms with Gasteiger partial charge in [0.15, 0.2) is 0 Å². The minimum Gasteiger partial charge on any atom is -0.469 e. The van der Waals surface area contributed by atoms with Crippen LogP contribution in [0.25, 0.3) is 0 Å². The highest BCUT2D eigenvalue weighted by atomic mass is 16.5. The molecule has 0 bridgehead atoms. The summed E-state index contributed by atoms with van der Waals surface area (Å²) in [4.78, 5) is 12.7. The molecule has 0 unspecified atom stereocenters. The standard InChI is InChI=1S/C8H13NO2/c1-9-5-3-7(4-6-9)8(10)11-2/h1,7H,3-6H2,2H3. The molecule has 3 nitrogen and oxygen atoms in total. The van der Waals surface area contributed by atoms with E-state index in [2.05, 4.69) is 4.74 Å². The molecule has 1 fully saturated rings. The van der Waals surface area contributed by atoms with E-state index in [1.54, 1.807) is 4.90 Å². The minimum absolute atomic E-state index is 0.0693. The zero-order valence-electron chi connectivity index (χ0n) is 6.75. The van der Waals surface area contributed by atoms with Gasteiger partial charge in [-0.3, -0.25) is 9.69 Å². The van der Waals surface area contributed by atoms with Crippen LogP contribution in [0.3, 0.4) is 0 Å². The molecule has 0 aromatic rings. The summed E-state index contributed by atoms with van der Waals surface area (Å²) in [6, 6.07) is 0. The highest BCUT2D eigenvalue weighted by molar-refractivity contribution is 5.72. The predicted octanol–water partition coefficient (Wildman–Crippen LogP) is 0.540. The Morgan fingerprint density at radius 3 is 2.55 bits per heavy atom. The molecule has 1 aliphatic heterocycles. The zero-order chi connectivity index (χ0) is 8.27. The van der Waals surface area contributed by atoms with Gasteiger partial charge in [-0.15, -0.1) is 0 Å². The van der Waals surface area contributed by atoms with Crippen molar-refractivity contribution in [2.45, 2.75) is 12.8 Å². The fraction of sp³-hybridized carbons (Fsp3) is 0.750. The Bertz CT molecular complexity index is 139. The number of nitrogens with zero attached hydrogens (tertiary/aromatic N) is 1. The minimum atomic E-state index is -0.0990. The third-order valence-corrected chi connectivity index (χ3v) is 2.06.